The lowest BCUT2D eigenvalue weighted by atomic mass is 10.1. The molecule has 6 nitrogen and oxygen atoms in total. The predicted octanol–water partition coefficient (Wildman–Crippen LogP) is 4.76. The quantitative estimate of drug-likeness (QED) is 0.399. The zero-order valence-electron chi connectivity index (χ0n) is 16.1. The molecule has 0 saturated heterocycles. The molecule has 0 spiro atoms. The van der Waals surface area contributed by atoms with Gasteiger partial charge in [0, 0.05) is 11.4 Å². The average Bonchev–Trinajstić information content (AvgIpc) is 3.52. The highest BCUT2D eigenvalue weighted by molar-refractivity contribution is 7.99. The largest absolute Gasteiger partial charge is 0.461 e. The summed E-state index contributed by atoms with van der Waals surface area (Å²) >= 11 is 2.86. The van der Waals surface area contributed by atoms with Crippen LogP contribution in [0.25, 0.3) is 11.6 Å². The third kappa shape index (κ3) is 4.47. The first-order valence-electron chi connectivity index (χ1n) is 9.33. The fraction of sp³-hybridized carbons (Fsp3) is 0.190. The Morgan fingerprint density at radius 3 is 2.73 bits per heavy atom. The van der Waals surface area contributed by atoms with Gasteiger partial charge < -0.3 is 9.73 Å². The molecule has 1 amide bonds. The lowest BCUT2D eigenvalue weighted by Crippen LogP contribution is -2.30. The van der Waals surface area contributed by atoms with Crippen LogP contribution in [-0.2, 0) is 11.3 Å². The number of aromatic nitrogens is 3. The summed E-state index contributed by atoms with van der Waals surface area (Å²) in [6.07, 6.45) is 1.59. The molecule has 3 aromatic heterocycles. The number of rotatable bonds is 8. The minimum atomic E-state index is -0.332. The smallest absolute Gasteiger partial charge is 0.231 e. The molecule has 30 heavy (non-hydrogen) atoms. The molecule has 154 valence electrons. The fourth-order valence-corrected chi connectivity index (χ4v) is 4.65. The van der Waals surface area contributed by atoms with Crippen LogP contribution in [0.5, 0.6) is 0 Å². The second-order valence-electron chi connectivity index (χ2n) is 6.38. The van der Waals surface area contributed by atoms with Crippen LogP contribution in [0.1, 0.15) is 23.4 Å². The van der Waals surface area contributed by atoms with E-state index < -0.39 is 0 Å². The molecular formula is C21H19FN4O2S2. The van der Waals surface area contributed by atoms with Gasteiger partial charge in [-0.15, -0.1) is 21.5 Å². The van der Waals surface area contributed by atoms with Crippen LogP contribution in [0.2, 0.25) is 0 Å². The lowest BCUT2D eigenvalue weighted by Gasteiger charge is -2.18. The number of amides is 1. The highest BCUT2D eigenvalue weighted by atomic mass is 32.2. The van der Waals surface area contributed by atoms with E-state index >= 15 is 0 Å². The third-order valence-electron chi connectivity index (χ3n) is 4.44. The van der Waals surface area contributed by atoms with E-state index in [4.69, 9.17) is 4.42 Å². The Morgan fingerprint density at radius 1 is 1.23 bits per heavy atom. The van der Waals surface area contributed by atoms with Gasteiger partial charge >= 0.3 is 0 Å². The number of benzene rings is 1. The summed E-state index contributed by atoms with van der Waals surface area (Å²) in [6.45, 7) is 2.64. The van der Waals surface area contributed by atoms with Gasteiger partial charge in [-0.25, -0.2) is 4.39 Å². The Hall–Kier alpha value is -2.91. The molecule has 0 aliphatic carbocycles. The van der Waals surface area contributed by atoms with Gasteiger partial charge in [0.1, 0.15) is 5.82 Å². The Morgan fingerprint density at radius 2 is 2.07 bits per heavy atom. The van der Waals surface area contributed by atoms with Crippen molar-refractivity contribution in [3.8, 4) is 11.6 Å². The average molecular weight is 443 g/mol. The summed E-state index contributed by atoms with van der Waals surface area (Å²) in [5.41, 5.74) is 0.828. The third-order valence-corrected chi connectivity index (χ3v) is 6.35. The van der Waals surface area contributed by atoms with E-state index in [1.54, 1.807) is 35.8 Å². The summed E-state index contributed by atoms with van der Waals surface area (Å²) in [7, 11) is 0. The number of hydrogen-bond acceptors (Lipinski definition) is 6. The number of carbonyl (C=O) groups is 1. The van der Waals surface area contributed by atoms with Crippen molar-refractivity contribution in [2.45, 2.75) is 24.7 Å². The predicted molar refractivity (Wildman–Crippen MR) is 115 cm³/mol. The molecule has 4 aromatic rings. The minimum absolute atomic E-state index is 0.145. The van der Waals surface area contributed by atoms with Gasteiger partial charge in [-0.3, -0.25) is 9.36 Å². The molecule has 0 unspecified atom stereocenters. The maximum Gasteiger partial charge on any atom is 0.231 e. The van der Waals surface area contributed by atoms with E-state index in [2.05, 4.69) is 15.5 Å². The Labute approximate surface area is 181 Å². The summed E-state index contributed by atoms with van der Waals surface area (Å²) in [5, 5.41) is 14.1. The first-order valence-corrected chi connectivity index (χ1v) is 11.2. The number of nitrogens with one attached hydrogen (secondary N) is 1. The van der Waals surface area contributed by atoms with Gasteiger partial charge in [-0.1, -0.05) is 30.0 Å². The molecule has 1 aromatic carbocycles. The van der Waals surface area contributed by atoms with Crippen LogP contribution < -0.4 is 5.32 Å². The van der Waals surface area contributed by atoms with Gasteiger partial charge in [0.25, 0.3) is 0 Å². The zero-order valence-corrected chi connectivity index (χ0v) is 17.8. The summed E-state index contributed by atoms with van der Waals surface area (Å²) in [6, 6.07) is 13.4. The highest BCUT2D eigenvalue weighted by Crippen LogP contribution is 2.27. The van der Waals surface area contributed by atoms with Gasteiger partial charge in [0.2, 0.25) is 5.91 Å². The normalized spacial score (nSPS) is 12.1. The number of thiophene rings is 1. The summed E-state index contributed by atoms with van der Waals surface area (Å²) in [5.74, 6) is 0.993. The van der Waals surface area contributed by atoms with Crippen LogP contribution >= 0.6 is 23.1 Å². The molecule has 0 radical (unpaired) electrons. The van der Waals surface area contributed by atoms with Crippen LogP contribution in [0.15, 0.2) is 69.7 Å². The monoisotopic (exact) mass is 442 g/mol. The van der Waals surface area contributed by atoms with E-state index in [1.165, 1.54) is 23.9 Å². The van der Waals surface area contributed by atoms with Crippen molar-refractivity contribution in [2.75, 3.05) is 5.75 Å². The molecule has 0 saturated carbocycles. The van der Waals surface area contributed by atoms with Crippen LogP contribution in [0, 0.1) is 5.82 Å². The molecule has 0 fully saturated rings. The maximum atomic E-state index is 13.3. The van der Waals surface area contributed by atoms with Crippen molar-refractivity contribution in [3.05, 3.63) is 76.4 Å². The van der Waals surface area contributed by atoms with Crippen molar-refractivity contribution >= 4 is 29.0 Å². The molecular weight excluding hydrogens is 423 g/mol. The Kier molecular flexibility index (Phi) is 6.29. The molecule has 1 atom stereocenters. The second kappa shape index (κ2) is 9.27. The van der Waals surface area contributed by atoms with Gasteiger partial charge in [0.15, 0.2) is 16.7 Å². The van der Waals surface area contributed by atoms with E-state index in [0.717, 1.165) is 10.4 Å². The topological polar surface area (TPSA) is 73.0 Å². The number of nitrogens with zero attached hydrogens (tertiary/aromatic N) is 3. The maximum absolute atomic E-state index is 13.3. The molecule has 0 bridgehead atoms. The SMILES string of the molecule is CCn1c(SCC(=O)N[C@H](c2ccc(F)cc2)c2cccs2)nnc1-c1ccco1. The number of carbonyl (C=O) groups excluding carboxylic acids is 1. The number of hydrogen-bond donors (Lipinski definition) is 1. The van der Waals surface area contributed by atoms with Gasteiger partial charge in [-0.2, -0.15) is 0 Å². The molecule has 1 N–H and O–H groups in total. The first kappa shape index (κ1) is 20.4. The first-order chi connectivity index (χ1) is 14.7. The summed E-state index contributed by atoms with van der Waals surface area (Å²) < 4.78 is 20.7. The fourth-order valence-electron chi connectivity index (χ4n) is 3.03. The van der Waals surface area contributed by atoms with Gasteiger partial charge in [0.05, 0.1) is 18.1 Å². The van der Waals surface area contributed by atoms with E-state index in [-0.39, 0.29) is 23.5 Å². The molecule has 9 heteroatoms. The highest BCUT2D eigenvalue weighted by Gasteiger charge is 2.20. The summed E-state index contributed by atoms with van der Waals surface area (Å²) in [4.78, 5) is 13.7. The van der Waals surface area contributed by atoms with Crippen molar-refractivity contribution < 1.29 is 13.6 Å². The number of halogens is 1. The standard InChI is InChI=1S/C21H19FN4O2S2/c1-2-26-20(16-5-3-11-28-16)24-25-21(26)30-13-18(27)23-19(17-6-4-12-29-17)14-7-9-15(22)10-8-14/h3-12,19H,2,13H2,1H3,(H,23,27)/t19-/m1/s1. The van der Waals surface area contributed by atoms with Crippen molar-refractivity contribution in [1.82, 2.24) is 20.1 Å². The number of furan rings is 1. The molecule has 4 rings (SSSR count). The number of thioether (sulfide) groups is 1. The van der Waals surface area contributed by atoms with Gasteiger partial charge in [-0.05, 0) is 48.2 Å². The zero-order chi connectivity index (χ0) is 20.9. The molecule has 0 aliphatic heterocycles. The van der Waals surface area contributed by atoms with E-state index in [9.17, 15) is 9.18 Å². The molecule has 3 heterocycles. The van der Waals surface area contributed by atoms with E-state index in [0.29, 0.717) is 23.3 Å². The Balaban J connectivity index is 1.46. The van der Waals surface area contributed by atoms with Crippen LogP contribution in [0.3, 0.4) is 0 Å². The van der Waals surface area contributed by atoms with Crippen molar-refractivity contribution in [2.24, 2.45) is 0 Å². The molecule has 0 aliphatic rings. The van der Waals surface area contributed by atoms with Crippen LogP contribution in [0.4, 0.5) is 4.39 Å². The lowest BCUT2D eigenvalue weighted by molar-refractivity contribution is -0.119. The minimum Gasteiger partial charge on any atom is -0.461 e. The van der Waals surface area contributed by atoms with Crippen molar-refractivity contribution in [1.29, 1.82) is 0 Å². The van der Waals surface area contributed by atoms with Crippen LogP contribution in [-0.4, -0.2) is 26.4 Å². The second-order valence-corrected chi connectivity index (χ2v) is 8.31. The van der Waals surface area contributed by atoms with E-state index in [1.807, 2.05) is 35.1 Å². The van der Waals surface area contributed by atoms with Crippen molar-refractivity contribution in [3.63, 3.8) is 0 Å². The Bertz CT molecular complexity index is 1090.